The van der Waals surface area contributed by atoms with E-state index >= 15 is 0 Å². The molecule has 3 rings (SSSR count). The van der Waals surface area contributed by atoms with Crippen LogP contribution in [-0.4, -0.2) is 32.6 Å². The lowest BCUT2D eigenvalue weighted by atomic mass is 10.1. The maximum absolute atomic E-state index is 12.5. The largest absolute Gasteiger partial charge is 0.496 e. The molecule has 24 heavy (non-hydrogen) atoms. The standard InChI is InChI=1S/C18H18N2O4/c1-20-14-11-12(7-8-16(14)24-10-9-17(20)21)19-18(22)13-5-3-4-6-15(13)23-2/h3-8,11H,9-10H2,1-2H3,(H,19,22). The van der Waals surface area contributed by atoms with Gasteiger partial charge >= 0.3 is 0 Å². The number of rotatable bonds is 3. The third kappa shape index (κ3) is 3.03. The van der Waals surface area contributed by atoms with Gasteiger partial charge in [0.05, 0.1) is 31.4 Å². The Morgan fingerprint density at radius 1 is 1.25 bits per heavy atom. The average molecular weight is 326 g/mol. The monoisotopic (exact) mass is 326 g/mol. The Morgan fingerprint density at radius 2 is 2.04 bits per heavy atom. The van der Waals surface area contributed by atoms with Crippen LogP contribution in [0.15, 0.2) is 42.5 Å². The highest BCUT2D eigenvalue weighted by molar-refractivity contribution is 6.06. The third-order valence-corrected chi connectivity index (χ3v) is 3.88. The number of methoxy groups -OCH3 is 1. The summed E-state index contributed by atoms with van der Waals surface area (Å²) < 4.78 is 10.8. The molecule has 0 aliphatic carbocycles. The number of anilines is 2. The Bertz CT molecular complexity index is 788. The predicted octanol–water partition coefficient (Wildman–Crippen LogP) is 2.69. The molecule has 1 heterocycles. The summed E-state index contributed by atoms with van der Waals surface area (Å²) in [6.07, 6.45) is 0.327. The molecule has 2 amide bonds. The number of fused-ring (bicyclic) bond motifs is 1. The number of amides is 2. The van der Waals surface area contributed by atoms with Crippen molar-refractivity contribution in [3.8, 4) is 11.5 Å². The molecular formula is C18H18N2O4. The number of nitrogens with zero attached hydrogens (tertiary/aromatic N) is 1. The van der Waals surface area contributed by atoms with Gasteiger partial charge in [0.1, 0.15) is 11.5 Å². The van der Waals surface area contributed by atoms with E-state index in [1.165, 1.54) is 7.11 Å². The van der Waals surface area contributed by atoms with Crippen molar-refractivity contribution in [2.24, 2.45) is 0 Å². The second-order valence-electron chi connectivity index (χ2n) is 5.39. The van der Waals surface area contributed by atoms with Crippen molar-refractivity contribution in [3.05, 3.63) is 48.0 Å². The van der Waals surface area contributed by atoms with Crippen LogP contribution >= 0.6 is 0 Å². The van der Waals surface area contributed by atoms with Crippen LogP contribution in [0.1, 0.15) is 16.8 Å². The fourth-order valence-electron chi connectivity index (χ4n) is 2.56. The molecule has 0 saturated carbocycles. The van der Waals surface area contributed by atoms with E-state index in [0.717, 1.165) is 0 Å². The summed E-state index contributed by atoms with van der Waals surface area (Å²) >= 11 is 0. The van der Waals surface area contributed by atoms with Gasteiger partial charge in [-0.25, -0.2) is 0 Å². The maximum atomic E-state index is 12.5. The van der Waals surface area contributed by atoms with Gasteiger partial charge in [-0.05, 0) is 30.3 Å². The van der Waals surface area contributed by atoms with Crippen LogP contribution in [0.25, 0.3) is 0 Å². The molecule has 1 aliphatic heterocycles. The summed E-state index contributed by atoms with van der Waals surface area (Å²) in [6.45, 7) is 0.350. The molecule has 0 spiro atoms. The van der Waals surface area contributed by atoms with Crippen molar-refractivity contribution < 1.29 is 19.1 Å². The van der Waals surface area contributed by atoms with Crippen molar-refractivity contribution in [1.29, 1.82) is 0 Å². The molecule has 1 N–H and O–H groups in total. The average Bonchev–Trinajstić information content (AvgIpc) is 2.74. The van der Waals surface area contributed by atoms with Crippen molar-refractivity contribution in [2.75, 3.05) is 31.0 Å². The van der Waals surface area contributed by atoms with Gasteiger partial charge in [0.15, 0.2) is 0 Å². The van der Waals surface area contributed by atoms with Crippen molar-refractivity contribution in [1.82, 2.24) is 0 Å². The number of para-hydroxylation sites is 1. The summed E-state index contributed by atoms with van der Waals surface area (Å²) in [6, 6.07) is 12.2. The molecule has 0 aromatic heterocycles. The third-order valence-electron chi connectivity index (χ3n) is 3.88. The van der Waals surface area contributed by atoms with Crippen LogP contribution in [0.3, 0.4) is 0 Å². The molecule has 0 bridgehead atoms. The minimum Gasteiger partial charge on any atom is -0.496 e. The summed E-state index contributed by atoms with van der Waals surface area (Å²) in [7, 11) is 3.22. The molecule has 0 saturated heterocycles. The fourth-order valence-corrected chi connectivity index (χ4v) is 2.56. The highest BCUT2D eigenvalue weighted by atomic mass is 16.5. The SMILES string of the molecule is COc1ccccc1C(=O)Nc1ccc2c(c1)N(C)C(=O)CCO2. The highest BCUT2D eigenvalue weighted by Gasteiger charge is 2.21. The number of benzene rings is 2. The normalized spacial score (nSPS) is 13.6. The van der Waals surface area contributed by atoms with E-state index in [9.17, 15) is 9.59 Å². The van der Waals surface area contributed by atoms with Gasteiger partial charge < -0.3 is 19.7 Å². The first-order chi connectivity index (χ1) is 11.6. The van der Waals surface area contributed by atoms with Gasteiger partial charge in [-0.2, -0.15) is 0 Å². The van der Waals surface area contributed by atoms with Crippen LogP contribution in [0.2, 0.25) is 0 Å². The van der Waals surface area contributed by atoms with Crippen LogP contribution in [-0.2, 0) is 4.79 Å². The summed E-state index contributed by atoms with van der Waals surface area (Å²) in [5, 5.41) is 2.83. The van der Waals surface area contributed by atoms with Crippen molar-refractivity contribution in [3.63, 3.8) is 0 Å². The zero-order chi connectivity index (χ0) is 17.1. The number of nitrogens with one attached hydrogen (secondary N) is 1. The van der Waals surface area contributed by atoms with E-state index < -0.39 is 0 Å². The highest BCUT2D eigenvalue weighted by Crippen LogP contribution is 2.33. The van der Waals surface area contributed by atoms with Crippen LogP contribution in [0.5, 0.6) is 11.5 Å². The van der Waals surface area contributed by atoms with Crippen LogP contribution < -0.4 is 19.7 Å². The van der Waals surface area contributed by atoms with E-state index in [4.69, 9.17) is 9.47 Å². The minimum absolute atomic E-state index is 0.0260. The zero-order valence-electron chi connectivity index (χ0n) is 13.5. The van der Waals surface area contributed by atoms with Gasteiger partial charge in [-0.1, -0.05) is 12.1 Å². The molecule has 0 atom stereocenters. The maximum Gasteiger partial charge on any atom is 0.259 e. The van der Waals surface area contributed by atoms with Gasteiger partial charge in [0, 0.05) is 12.7 Å². The second-order valence-corrected chi connectivity index (χ2v) is 5.39. The lowest BCUT2D eigenvalue weighted by Gasteiger charge is -2.17. The molecule has 6 nitrogen and oxygen atoms in total. The first kappa shape index (κ1) is 15.9. The van der Waals surface area contributed by atoms with Gasteiger partial charge in [0.25, 0.3) is 5.91 Å². The first-order valence-electron chi connectivity index (χ1n) is 7.58. The minimum atomic E-state index is -0.282. The predicted molar refractivity (Wildman–Crippen MR) is 90.9 cm³/mol. The van der Waals surface area contributed by atoms with Gasteiger partial charge in [-0.3, -0.25) is 9.59 Å². The summed E-state index contributed by atoms with van der Waals surface area (Å²) in [4.78, 5) is 26.0. The molecule has 0 radical (unpaired) electrons. The van der Waals surface area contributed by atoms with Gasteiger partial charge in [0.2, 0.25) is 5.91 Å². The number of carbonyl (C=O) groups is 2. The van der Waals surface area contributed by atoms with Crippen molar-refractivity contribution in [2.45, 2.75) is 6.42 Å². The van der Waals surface area contributed by atoms with E-state index in [0.29, 0.717) is 41.5 Å². The molecular weight excluding hydrogens is 308 g/mol. The molecule has 0 fully saturated rings. The number of carbonyl (C=O) groups excluding carboxylic acids is 2. The summed E-state index contributed by atoms with van der Waals surface area (Å²) in [5.74, 6) is 0.817. The Morgan fingerprint density at radius 3 is 2.83 bits per heavy atom. The Hall–Kier alpha value is -3.02. The number of ether oxygens (including phenoxy) is 2. The van der Waals surface area contributed by atoms with E-state index in [1.54, 1.807) is 54.4 Å². The Labute approximate surface area is 140 Å². The summed E-state index contributed by atoms with van der Waals surface area (Å²) in [5.41, 5.74) is 1.65. The Kier molecular flexibility index (Phi) is 4.37. The molecule has 1 aliphatic rings. The molecule has 6 heteroatoms. The molecule has 2 aromatic carbocycles. The van der Waals surface area contributed by atoms with Crippen molar-refractivity contribution >= 4 is 23.2 Å². The van der Waals surface area contributed by atoms with Crippen LogP contribution in [0, 0.1) is 0 Å². The van der Waals surface area contributed by atoms with Gasteiger partial charge in [-0.15, -0.1) is 0 Å². The van der Waals surface area contributed by atoms with Crippen LogP contribution in [0.4, 0.5) is 11.4 Å². The first-order valence-corrected chi connectivity index (χ1v) is 7.58. The van der Waals surface area contributed by atoms with E-state index in [-0.39, 0.29) is 11.8 Å². The van der Waals surface area contributed by atoms with E-state index in [2.05, 4.69) is 5.32 Å². The lowest BCUT2D eigenvalue weighted by Crippen LogP contribution is -2.25. The second kappa shape index (κ2) is 6.62. The smallest absolute Gasteiger partial charge is 0.259 e. The molecule has 0 unspecified atom stereocenters. The Balaban J connectivity index is 1.87. The fraction of sp³-hybridized carbons (Fsp3) is 0.222. The quantitative estimate of drug-likeness (QED) is 0.941. The number of hydrogen-bond donors (Lipinski definition) is 1. The molecule has 124 valence electrons. The zero-order valence-corrected chi connectivity index (χ0v) is 13.5. The lowest BCUT2D eigenvalue weighted by molar-refractivity contribution is -0.118. The number of hydrogen-bond acceptors (Lipinski definition) is 4. The topological polar surface area (TPSA) is 67.9 Å². The van der Waals surface area contributed by atoms with E-state index in [1.807, 2.05) is 0 Å². The molecule has 2 aromatic rings.